The first-order valence-corrected chi connectivity index (χ1v) is 11.5. The smallest absolute Gasteiger partial charge is 0.306 e. The second-order valence-corrected chi connectivity index (χ2v) is 9.25. The molecule has 14 heteroatoms. The summed E-state index contributed by atoms with van der Waals surface area (Å²) in [6.07, 6.45) is 2.43. The van der Waals surface area contributed by atoms with Gasteiger partial charge in [-0.05, 0) is 56.8 Å². The molecule has 180 valence electrons. The average Bonchev–Trinajstić information content (AvgIpc) is 2.77. The number of nitrogens with zero attached hydrogens (tertiary/aromatic N) is 2. The summed E-state index contributed by atoms with van der Waals surface area (Å²) in [5.74, 6) is -3.61. The molecule has 2 aromatic rings. The maximum absolute atomic E-state index is 13.9. The van der Waals surface area contributed by atoms with E-state index in [-0.39, 0.29) is 20.1 Å². The van der Waals surface area contributed by atoms with Crippen LogP contribution in [0.2, 0.25) is 0 Å². The van der Waals surface area contributed by atoms with Crippen molar-refractivity contribution in [3.63, 3.8) is 0 Å². The standard InChI is InChI=1S/C20H16Br2F2N4O6/c21-11-5-9(7-15(17(11)23)27(31)32)19(29)25-13-3-1-2-4-14(13)26-20(30)10-6-12(22)18(24)16(8-10)28(33)34/h5-8,13-14H,1-4H2,(H,25,29)(H,26,30). The van der Waals surface area contributed by atoms with Crippen LogP contribution >= 0.6 is 31.9 Å². The molecule has 3 rings (SSSR count). The van der Waals surface area contributed by atoms with Crippen LogP contribution in [0.25, 0.3) is 0 Å². The van der Waals surface area contributed by atoms with Crippen LogP contribution in [-0.2, 0) is 0 Å². The number of hydrogen-bond acceptors (Lipinski definition) is 6. The maximum Gasteiger partial charge on any atom is 0.306 e. The molecule has 2 atom stereocenters. The molecular formula is C20H16Br2F2N4O6. The fourth-order valence-electron chi connectivity index (χ4n) is 3.66. The van der Waals surface area contributed by atoms with E-state index in [1.807, 2.05) is 0 Å². The third-order valence-electron chi connectivity index (χ3n) is 5.33. The average molecular weight is 606 g/mol. The van der Waals surface area contributed by atoms with Crippen LogP contribution in [0.15, 0.2) is 33.2 Å². The lowest BCUT2D eigenvalue weighted by Crippen LogP contribution is -2.53. The molecule has 1 aliphatic carbocycles. The predicted molar refractivity (Wildman–Crippen MR) is 122 cm³/mol. The van der Waals surface area contributed by atoms with Gasteiger partial charge in [-0.1, -0.05) is 12.8 Å². The van der Waals surface area contributed by atoms with Gasteiger partial charge >= 0.3 is 11.4 Å². The highest BCUT2D eigenvalue weighted by atomic mass is 79.9. The minimum absolute atomic E-state index is 0.145. The molecule has 1 saturated carbocycles. The summed E-state index contributed by atoms with van der Waals surface area (Å²) in [7, 11) is 0. The Morgan fingerprint density at radius 1 is 0.794 bits per heavy atom. The molecule has 0 spiro atoms. The quantitative estimate of drug-likeness (QED) is 0.358. The van der Waals surface area contributed by atoms with Crippen molar-refractivity contribution >= 4 is 55.0 Å². The third-order valence-corrected chi connectivity index (χ3v) is 6.49. The molecule has 2 amide bonds. The van der Waals surface area contributed by atoms with Crippen molar-refractivity contribution in [2.24, 2.45) is 0 Å². The van der Waals surface area contributed by atoms with Crippen molar-refractivity contribution in [2.45, 2.75) is 37.8 Å². The molecule has 0 radical (unpaired) electrons. The number of nitrogens with one attached hydrogen (secondary N) is 2. The molecule has 0 heterocycles. The van der Waals surface area contributed by atoms with Gasteiger partial charge in [0, 0.05) is 35.3 Å². The number of carbonyl (C=O) groups excluding carboxylic acids is 2. The van der Waals surface area contributed by atoms with Gasteiger partial charge in [-0.15, -0.1) is 0 Å². The van der Waals surface area contributed by atoms with Gasteiger partial charge in [0.1, 0.15) is 0 Å². The highest BCUT2D eigenvalue weighted by Gasteiger charge is 2.30. The Labute approximate surface area is 207 Å². The van der Waals surface area contributed by atoms with Crippen molar-refractivity contribution in [3.05, 3.63) is 76.2 Å². The number of rotatable bonds is 6. The van der Waals surface area contributed by atoms with Gasteiger partial charge in [0.15, 0.2) is 0 Å². The van der Waals surface area contributed by atoms with E-state index >= 15 is 0 Å². The largest absolute Gasteiger partial charge is 0.347 e. The monoisotopic (exact) mass is 604 g/mol. The topological polar surface area (TPSA) is 144 Å². The fraction of sp³-hybridized carbons (Fsp3) is 0.300. The minimum atomic E-state index is -1.11. The molecule has 0 aliphatic heterocycles. The molecule has 0 aromatic heterocycles. The normalized spacial score (nSPS) is 17.6. The van der Waals surface area contributed by atoms with Crippen molar-refractivity contribution in [1.29, 1.82) is 0 Å². The first kappa shape index (κ1) is 25.6. The third kappa shape index (κ3) is 5.55. The van der Waals surface area contributed by atoms with E-state index in [4.69, 9.17) is 0 Å². The Balaban J connectivity index is 1.79. The Bertz CT molecular complexity index is 1100. The van der Waals surface area contributed by atoms with Crippen LogP contribution < -0.4 is 10.6 Å². The molecule has 10 nitrogen and oxygen atoms in total. The SMILES string of the molecule is O=C(NC1CCCCC1NC(=O)c1cc(Br)c(F)c([N+](=O)[O-])c1)c1cc(Br)c(F)c([N+](=O)[O-])c1. The molecule has 0 bridgehead atoms. The molecule has 2 unspecified atom stereocenters. The first-order chi connectivity index (χ1) is 16.0. The molecule has 0 saturated heterocycles. The van der Waals surface area contributed by atoms with Crippen LogP contribution in [0.3, 0.4) is 0 Å². The van der Waals surface area contributed by atoms with Gasteiger partial charge in [0.25, 0.3) is 11.8 Å². The Morgan fingerprint density at radius 3 is 1.47 bits per heavy atom. The van der Waals surface area contributed by atoms with Gasteiger partial charge in [-0.3, -0.25) is 29.8 Å². The Morgan fingerprint density at radius 2 is 1.15 bits per heavy atom. The van der Waals surface area contributed by atoms with Gasteiger partial charge in [-0.2, -0.15) is 8.78 Å². The first-order valence-electron chi connectivity index (χ1n) is 9.88. The fourth-order valence-corrected chi connectivity index (χ4v) is 4.56. The number of benzene rings is 2. The van der Waals surface area contributed by atoms with E-state index < -0.39 is 56.8 Å². The van der Waals surface area contributed by atoms with Gasteiger partial charge in [0.05, 0.1) is 18.8 Å². The van der Waals surface area contributed by atoms with Crippen molar-refractivity contribution in [2.75, 3.05) is 0 Å². The van der Waals surface area contributed by atoms with E-state index in [0.29, 0.717) is 12.8 Å². The summed E-state index contributed by atoms with van der Waals surface area (Å²) in [4.78, 5) is 45.7. The summed E-state index contributed by atoms with van der Waals surface area (Å²) >= 11 is 5.72. The predicted octanol–water partition coefficient (Wildman–Crippen LogP) is 4.78. The number of halogens is 4. The second kappa shape index (κ2) is 10.5. The number of hydrogen-bond donors (Lipinski definition) is 2. The van der Waals surface area contributed by atoms with E-state index in [1.165, 1.54) is 0 Å². The van der Waals surface area contributed by atoms with Crippen LogP contribution in [0, 0.1) is 31.9 Å². The molecule has 34 heavy (non-hydrogen) atoms. The number of amides is 2. The van der Waals surface area contributed by atoms with Gasteiger partial charge in [-0.25, -0.2) is 0 Å². The summed E-state index contributed by atoms with van der Waals surface area (Å²) in [5, 5.41) is 27.5. The van der Waals surface area contributed by atoms with Gasteiger partial charge < -0.3 is 10.6 Å². The maximum atomic E-state index is 13.9. The molecular weight excluding hydrogens is 590 g/mol. The molecule has 2 N–H and O–H groups in total. The minimum Gasteiger partial charge on any atom is -0.347 e. The summed E-state index contributed by atoms with van der Waals surface area (Å²) in [5.41, 5.74) is -2.02. The number of nitro groups is 2. The van der Waals surface area contributed by atoms with E-state index in [9.17, 15) is 38.6 Å². The summed E-state index contributed by atoms with van der Waals surface area (Å²) in [6, 6.07) is 2.74. The van der Waals surface area contributed by atoms with E-state index in [1.54, 1.807) is 0 Å². The molecule has 1 aliphatic rings. The lowest BCUT2D eigenvalue weighted by atomic mass is 9.89. The van der Waals surface area contributed by atoms with Crippen molar-refractivity contribution in [1.82, 2.24) is 10.6 Å². The zero-order valence-electron chi connectivity index (χ0n) is 17.1. The Hall–Kier alpha value is -3.00. The van der Waals surface area contributed by atoms with Crippen LogP contribution in [0.4, 0.5) is 20.2 Å². The zero-order valence-corrected chi connectivity index (χ0v) is 20.3. The molecule has 1 fully saturated rings. The van der Waals surface area contributed by atoms with Gasteiger partial charge in [0.2, 0.25) is 11.6 Å². The highest BCUT2D eigenvalue weighted by molar-refractivity contribution is 9.10. The van der Waals surface area contributed by atoms with E-state index in [2.05, 4.69) is 42.5 Å². The Kier molecular flexibility index (Phi) is 7.92. The highest BCUT2D eigenvalue weighted by Crippen LogP contribution is 2.29. The van der Waals surface area contributed by atoms with Crippen LogP contribution in [0.5, 0.6) is 0 Å². The van der Waals surface area contributed by atoms with E-state index in [0.717, 1.165) is 37.1 Å². The summed E-state index contributed by atoms with van der Waals surface area (Å²) < 4.78 is 27.3. The summed E-state index contributed by atoms with van der Waals surface area (Å²) in [6.45, 7) is 0. The van der Waals surface area contributed by atoms with Crippen LogP contribution in [0.1, 0.15) is 46.4 Å². The second-order valence-electron chi connectivity index (χ2n) is 7.54. The molecule has 2 aromatic carbocycles. The van der Waals surface area contributed by atoms with Crippen molar-refractivity contribution in [3.8, 4) is 0 Å². The van der Waals surface area contributed by atoms with Crippen molar-refractivity contribution < 1.29 is 28.2 Å². The number of carbonyl (C=O) groups is 2. The number of nitro benzene ring substituents is 2. The lowest BCUT2D eigenvalue weighted by molar-refractivity contribution is -0.387. The van der Waals surface area contributed by atoms with Crippen LogP contribution in [-0.4, -0.2) is 33.7 Å². The zero-order chi connectivity index (χ0) is 25.2. The lowest BCUT2D eigenvalue weighted by Gasteiger charge is -2.33.